The quantitative estimate of drug-likeness (QED) is 0.658. The predicted molar refractivity (Wildman–Crippen MR) is 124 cm³/mol. The van der Waals surface area contributed by atoms with E-state index < -0.39 is 5.41 Å². The molecule has 6 nitrogen and oxygen atoms in total. The monoisotopic (exact) mass is 435 g/mol. The lowest BCUT2D eigenvalue weighted by Gasteiger charge is -2.30. The molecule has 0 spiro atoms. The van der Waals surface area contributed by atoms with E-state index in [4.69, 9.17) is 4.74 Å². The lowest BCUT2D eigenvalue weighted by molar-refractivity contribution is -0.129. The number of rotatable bonds is 9. The molecule has 6 heteroatoms. The van der Waals surface area contributed by atoms with Crippen LogP contribution in [0.2, 0.25) is 0 Å². The predicted octanol–water partition coefficient (Wildman–Crippen LogP) is 2.97. The largest absolute Gasteiger partial charge is 0.497 e. The molecule has 2 aromatic rings. The van der Waals surface area contributed by atoms with Gasteiger partial charge in [0, 0.05) is 38.6 Å². The fourth-order valence-electron chi connectivity index (χ4n) is 5.09. The minimum atomic E-state index is -0.730. The molecule has 2 fully saturated rings. The first kappa shape index (κ1) is 22.3. The normalized spacial score (nSPS) is 22.3. The standard InChI is InChI=1S/C26H33N3O3/c1-3-28(18-20-8-5-4-6-9-20)15-14-27-25(31)26(21-10-7-11-23(16-21)32-2)17-22-12-13-24(30)29(22)19-26/h4-11,16,22H,3,12-15,17-19H2,1-2H3,(H,27,31)/t22-,26-/m0/s1. The minimum absolute atomic E-state index is 0.00344. The molecule has 0 aromatic heterocycles. The number of amides is 2. The van der Waals surface area contributed by atoms with Crippen LogP contribution in [0.15, 0.2) is 54.6 Å². The number of nitrogens with zero attached hydrogens (tertiary/aromatic N) is 2. The Hall–Kier alpha value is -2.86. The molecule has 0 bridgehead atoms. The molecule has 0 saturated carbocycles. The second kappa shape index (κ2) is 9.74. The summed E-state index contributed by atoms with van der Waals surface area (Å²) in [5, 5.41) is 3.20. The maximum absolute atomic E-state index is 13.6. The van der Waals surface area contributed by atoms with Crippen molar-refractivity contribution in [3.8, 4) is 5.75 Å². The summed E-state index contributed by atoms with van der Waals surface area (Å²) in [4.78, 5) is 30.3. The van der Waals surface area contributed by atoms with Crippen LogP contribution < -0.4 is 10.1 Å². The zero-order valence-electron chi connectivity index (χ0n) is 19.0. The SMILES string of the molecule is CCN(CCNC(=O)[C@@]1(c2cccc(OC)c2)C[C@@H]2CCC(=O)N2C1)Cc1ccccc1. The average Bonchev–Trinajstić information content (AvgIpc) is 3.38. The first-order valence-electron chi connectivity index (χ1n) is 11.5. The fourth-order valence-corrected chi connectivity index (χ4v) is 5.09. The van der Waals surface area contributed by atoms with E-state index >= 15 is 0 Å². The number of methoxy groups -OCH3 is 1. The highest BCUT2D eigenvalue weighted by atomic mass is 16.5. The van der Waals surface area contributed by atoms with Crippen molar-refractivity contribution in [2.24, 2.45) is 0 Å². The van der Waals surface area contributed by atoms with Gasteiger partial charge in [-0.3, -0.25) is 14.5 Å². The van der Waals surface area contributed by atoms with Crippen molar-refractivity contribution < 1.29 is 14.3 Å². The van der Waals surface area contributed by atoms with E-state index in [0.29, 0.717) is 25.9 Å². The zero-order chi connectivity index (χ0) is 22.6. The van der Waals surface area contributed by atoms with Crippen LogP contribution >= 0.6 is 0 Å². The summed E-state index contributed by atoms with van der Waals surface area (Å²) >= 11 is 0. The summed E-state index contributed by atoms with van der Waals surface area (Å²) in [6.07, 6.45) is 2.09. The van der Waals surface area contributed by atoms with Gasteiger partial charge in [0.05, 0.1) is 12.5 Å². The Balaban J connectivity index is 1.47. The Kier molecular flexibility index (Phi) is 6.80. The summed E-state index contributed by atoms with van der Waals surface area (Å²) < 4.78 is 5.42. The molecule has 170 valence electrons. The van der Waals surface area contributed by atoms with Gasteiger partial charge < -0.3 is 15.0 Å². The van der Waals surface area contributed by atoms with Crippen LogP contribution in [-0.4, -0.2) is 60.9 Å². The van der Waals surface area contributed by atoms with Crippen molar-refractivity contribution >= 4 is 11.8 Å². The Labute approximate surface area is 190 Å². The topological polar surface area (TPSA) is 61.9 Å². The number of carbonyl (C=O) groups excluding carboxylic acids is 2. The Morgan fingerprint density at radius 2 is 2.03 bits per heavy atom. The maximum atomic E-state index is 13.6. The number of hydrogen-bond donors (Lipinski definition) is 1. The molecule has 0 unspecified atom stereocenters. The summed E-state index contributed by atoms with van der Waals surface area (Å²) in [5.74, 6) is 0.893. The van der Waals surface area contributed by atoms with E-state index in [-0.39, 0.29) is 17.9 Å². The Morgan fingerprint density at radius 3 is 2.75 bits per heavy atom. The summed E-state index contributed by atoms with van der Waals surface area (Å²) in [6.45, 7) is 5.70. The molecule has 2 atom stereocenters. The number of ether oxygens (including phenoxy) is 1. The number of likely N-dealkylation sites (N-methyl/N-ethyl adjacent to an activating group) is 1. The molecule has 2 amide bonds. The fraction of sp³-hybridized carbons (Fsp3) is 0.462. The molecule has 2 aromatic carbocycles. The summed E-state index contributed by atoms with van der Waals surface area (Å²) in [5.41, 5.74) is 1.46. The van der Waals surface area contributed by atoms with Gasteiger partial charge in [0.1, 0.15) is 5.75 Å². The van der Waals surface area contributed by atoms with Gasteiger partial charge in [-0.05, 0) is 42.6 Å². The van der Waals surface area contributed by atoms with Crippen LogP contribution in [-0.2, 0) is 21.5 Å². The molecule has 2 aliphatic rings. The second-order valence-corrected chi connectivity index (χ2v) is 8.84. The molecule has 2 aliphatic heterocycles. The first-order chi connectivity index (χ1) is 15.6. The molecular formula is C26H33N3O3. The highest BCUT2D eigenvalue weighted by Gasteiger charge is 2.53. The van der Waals surface area contributed by atoms with Crippen LogP contribution in [0, 0.1) is 0 Å². The van der Waals surface area contributed by atoms with Gasteiger partial charge in [0.25, 0.3) is 0 Å². The van der Waals surface area contributed by atoms with E-state index in [1.807, 2.05) is 35.2 Å². The summed E-state index contributed by atoms with van der Waals surface area (Å²) in [6, 6.07) is 18.3. The Morgan fingerprint density at radius 1 is 1.22 bits per heavy atom. The third kappa shape index (κ3) is 4.51. The smallest absolute Gasteiger partial charge is 0.232 e. The number of fused-ring (bicyclic) bond motifs is 1. The van der Waals surface area contributed by atoms with Gasteiger partial charge in [-0.25, -0.2) is 0 Å². The average molecular weight is 436 g/mol. The zero-order valence-corrected chi connectivity index (χ0v) is 19.0. The second-order valence-electron chi connectivity index (χ2n) is 8.84. The first-order valence-corrected chi connectivity index (χ1v) is 11.5. The highest BCUT2D eigenvalue weighted by Crippen LogP contribution is 2.43. The van der Waals surface area contributed by atoms with Crippen molar-refractivity contribution in [1.29, 1.82) is 0 Å². The lowest BCUT2D eigenvalue weighted by atomic mass is 9.76. The van der Waals surface area contributed by atoms with E-state index in [1.54, 1.807) is 7.11 Å². The van der Waals surface area contributed by atoms with Crippen LogP contribution in [0.4, 0.5) is 0 Å². The van der Waals surface area contributed by atoms with Gasteiger partial charge in [-0.1, -0.05) is 49.4 Å². The van der Waals surface area contributed by atoms with Crippen molar-refractivity contribution in [3.05, 3.63) is 65.7 Å². The van der Waals surface area contributed by atoms with E-state index in [0.717, 1.165) is 37.4 Å². The van der Waals surface area contributed by atoms with E-state index in [9.17, 15) is 9.59 Å². The lowest BCUT2D eigenvalue weighted by Crippen LogP contribution is -2.48. The number of nitrogens with one attached hydrogen (secondary N) is 1. The third-order valence-corrected chi connectivity index (χ3v) is 6.94. The van der Waals surface area contributed by atoms with Crippen LogP contribution in [0.1, 0.15) is 37.3 Å². The van der Waals surface area contributed by atoms with Crippen molar-refractivity contribution in [1.82, 2.24) is 15.1 Å². The molecule has 0 radical (unpaired) electrons. The van der Waals surface area contributed by atoms with Gasteiger partial charge >= 0.3 is 0 Å². The molecule has 4 rings (SSSR count). The molecule has 32 heavy (non-hydrogen) atoms. The van der Waals surface area contributed by atoms with Crippen LogP contribution in [0.3, 0.4) is 0 Å². The van der Waals surface area contributed by atoms with E-state index in [2.05, 4.69) is 41.4 Å². The Bertz CT molecular complexity index is 948. The van der Waals surface area contributed by atoms with Crippen LogP contribution in [0.5, 0.6) is 5.75 Å². The number of carbonyl (C=O) groups is 2. The molecule has 1 N–H and O–H groups in total. The molecule has 0 aliphatic carbocycles. The van der Waals surface area contributed by atoms with Gasteiger partial charge in [-0.2, -0.15) is 0 Å². The molecule has 2 heterocycles. The van der Waals surface area contributed by atoms with Crippen molar-refractivity contribution in [3.63, 3.8) is 0 Å². The third-order valence-electron chi connectivity index (χ3n) is 6.94. The summed E-state index contributed by atoms with van der Waals surface area (Å²) in [7, 11) is 1.63. The van der Waals surface area contributed by atoms with Crippen molar-refractivity contribution in [2.45, 2.75) is 44.2 Å². The van der Waals surface area contributed by atoms with Gasteiger partial charge in [-0.15, -0.1) is 0 Å². The van der Waals surface area contributed by atoms with Crippen molar-refractivity contribution in [2.75, 3.05) is 33.3 Å². The van der Waals surface area contributed by atoms with Gasteiger partial charge in [0.2, 0.25) is 11.8 Å². The van der Waals surface area contributed by atoms with Gasteiger partial charge in [0.15, 0.2) is 0 Å². The van der Waals surface area contributed by atoms with E-state index in [1.165, 1.54) is 5.56 Å². The maximum Gasteiger partial charge on any atom is 0.232 e. The molecular weight excluding hydrogens is 402 g/mol. The number of hydrogen-bond acceptors (Lipinski definition) is 4. The molecule has 2 saturated heterocycles. The number of benzene rings is 2. The minimum Gasteiger partial charge on any atom is -0.497 e. The highest BCUT2D eigenvalue weighted by molar-refractivity contribution is 5.91. The van der Waals surface area contributed by atoms with Crippen LogP contribution in [0.25, 0.3) is 0 Å².